The quantitative estimate of drug-likeness (QED) is 0.210. The van der Waals surface area contributed by atoms with Crippen LogP contribution in [0.5, 0.6) is 0 Å². The van der Waals surface area contributed by atoms with E-state index in [1.54, 1.807) is 0 Å². The first-order valence-electron chi connectivity index (χ1n) is 7.06. The third kappa shape index (κ3) is 2.92. The summed E-state index contributed by atoms with van der Waals surface area (Å²) in [5.74, 6) is -8.47. The van der Waals surface area contributed by atoms with Gasteiger partial charge in [0.2, 0.25) is 0 Å². The Balaban J connectivity index is 0.00000208. The maximum absolute atomic E-state index is 11.8. The molecule has 3 aliphatic rings. The topological polar surface area (TPSA) is 144 Å². The van der Waals surface area contributed by atoms with Crippen LogP contribution in [0.25, 0.3) is 0 Å². The number of hydrogen-bond acceptors (Lipinski definition) is 9. The smallest absolute Gasteiger partial charge is 0.748 e. The molecule has 2 aliphatic heterocycles. The summed E-state index contributed by atoms with van der Waals surface area (Å²) in [4.78, 5) is 46.6. The van der Waals surface area contributed by atoms with E-state index in [4.69, 9.17) is 0 Å². The van der Waals surface area contributed by atoms with Gasteiger partial charge in [-0.1, -0.05) is 6.92 Å². The van der Waals surface area contributed by atoms with Crippen molar-refractivity contribution in [3.63, 3.8) is 0 Å². The number of cyclic esters (lactones) is 4. The summed E-state index contributed by atoms with van der Waals surface area (Å²) < 4.78 is 44.1. The maximum Gasteiger partial charge on any atom is 1.00 e. The molecule has 126 valence electrons. The number of ether oxygens (including phenoxy) is 2. The summed E-state index contributed by atoms with van der Waals surface area (Å²) in [5.41, 5.74) is 0. The van der Waals surface area contributed by atoms with Crippen molar-refractivity contribution in [1.82, 2.24) is 0 Å². The first-order valence-corrected chi connectivity index (χ1v) is 8.53. The molecule has 0 spiro atoms. The molecule has 0 aromatic rings. The Morgan fingerprint density at radius 3 is 2.08 bits per heavy atom. The van der Waals surface area contributed by atoms with Crippen molar-refractivity contribution in [2.45, 2.75) is 25.0 Å². The van der Waals surface area contributed by atoms with Crippen molar-refractivity contribution < 1.29 is 60.5 Å². The van der Waals surface area contributed by atoms with Crippen molar-refractivity contribution >= 4 is 34.0 Å². The zero-order valence-corrected chi connectivity index (χ0v) is 13.8. The Morgan fingerprint density at radius 1 is 1.00 bits per heavy atom. The van der Waals surface area contributed by atoms with Gasteiger partial charge in [0.25, 0.3) is 0 Å². The van der Waals surface area contributed by atoms with Crippen LogP contribution in [-0.4, -0.2) is 42.1 Å². The summed E-state index contributed by atoms with van der Waals surface area (Å²) in [6.45, 7) is 1.37. The van der Waals surface area contributed by atoms with Crippen LogP contribution in [0.4, 0.5) is 0 Å². The molecule has 0 aromatic heterocycles. The summed E-state index contributed by atoms with van der Waals surface area (Å²) in [5, 5.41) is -1.56. The first kappa shape index (κ1) is 19.1. The van der Waals surface area contributed by atoms with Gasteiger partial charge in [-0.3, -0.25) is 19.2 Å². The standard InChI is InChI=1S/C13H14O9S.Li/c1-4-9-7(12(16)22-13(9)17)2-5(10(4)23(18,19)20)6-3-8(14)21-11(6)15;/h4-7,9-10H,2-3H2,1H3,(H,18,19,20);/q;+1/p-1. The fraction of sp³-hybridized carbons (Fsp3) is 0.692. The van der Waals surface area contributed by atoms with E-state index in [9.17, 15) is 32.1 Å². The van der Waals surface area contributed by atoms with Gasteiger partial charge in [-0.2, -0.15) is 0 Å². The van der Waals surface area contributed by atoms with Crippen molar-refractivity contribution in [2.24, 2.45) is 29.6 Å². The SMILES string of the molecule is CC1C2C(=O)OC(=O)C2CC(C2CC(=O)OC2=O)C1S(=O)(=O)[O-].[Li+]. The van der Waals surface area contributed by atoms with Crippen LogP contribution in [0.15, 0.2) is 0 Å². The van der Waals surface area contributed by atoms with Crippen LogP contribution >= 0.6 is 0 Å². The van der Waals surface area contributed by atoms with E-state index < -0.39 is 68.8 Å². The monoisotopic (exact) mass is 352 g/mol. The van der Waals surface area contributed by atoms with Crippen LogP contribution in [0.1, 0.15) is 19.8 Å². The van der Waals surface area contributed by atoms with Gasteiger partial charge in [0, 0.05) is 0 Å². The van der Waals surface area contributed by atoms with Crippen molar-refractivity contribution in [3.8, 4) is 0 Å². The molecule has 1 aliphatic carbocycles. The van der Waals surface area contributed by atoms with Crippen LogP contribution < -0.4 is 18.9 Å². The van der Waals surface area contributed by atoms with E-state index >= 15 is 0 Å². The molecule has 3 rings (SSSR count). The van der Waals surface area contributed by atoms with Gasteiger partial charge in [-0.25, -0.2) is 8.42 Å². The van der Waals surface area contributed by atoms with Gasteiger partial charge < -0.3 is 14.0 Å². The molecule has 0 amide bonds. The van der Waals surface area contributed by atoms with E-state index in [-0.39, 0.29) is 31.7 Å². The zero-order valence-electron chi connectivity index (χ0n) is 13.0. The summed E-state index contributed by atoms with van der Waals surface area (Å²) >= 11 is 0. The van der Waals surface area contributed by atoms with Gasteiger partial charge in [-0.05, 0) is 18.3 Å². The first-order chi connectivity index (χ1) is 10.6. The van der Waals surface area contributed by atoms with Gasteiger partial charge in [0.05, 0.1) is 39.5 Å². The van der Waals surface area contributed by atoms with Crippen molar-refractivity contribution in [1.29, 1.82) is 0 Å². The Hall–Kier alpha value is -1.21. The second-order valence-electron chi connectivity index (χ2n) is 6.19. The number of rotatable bonds is 2. The molecule has 24 heavy (non-hydrogen) atoms. The van der Waals surface area contributed by atoms with Crippen LogP contribution in [0.2, 0.25) is 0 Å². The van der Waals surface area contributed by atoms with Gasteiger partial charge >= 0.3 is 42.7 Å². The molecule has 0 aromatic carbocycles. The summed E-state index contributed by atoms with van der Waals surface area (Å²) in [6.07, 6.45) is -0.526. The molecule has 0 bridgehead atoms. The Kier molecular flexibility index (Phi) is 4.98. The molecule has 6 unspecified atom stereocenters. The second-order valence-corrected chi connectivity index (χ2v) is 7.72. The van der Waals surface area contributed by atoms with Gasteiger partial charge in [-0.15, -0.1) is 0 Å². The Bertz CT molecular complexity index is 715. The molecular formula is C13H13LiO9S. The van der Waals surface area contributed by atoms with Crippen LogP contribution in [-0.2, 0) is 38.8 Å². The van der Waals surface area contributed by atoms with E-state index in [0.717, 1.165) is 0 Å². The molecule has 1 saturated carbocycles. The molecule has 2 heterocycles. The Labute approximate surface area is 149 Å². The predicted molar refractivity (Wildman–Crippen MR) is 68.0 cm³/mol. The maximum atomic E-state index is 11.8. The second kappa shape index (κ2) is 6.26. The van der Waals surface area contributed by atoms with Crippen molar-refractivity contribution in [2.75, 3.05) is 0 Å². The molecule has 2 saturated heterocycles. The largest absolute Gasteiger partial charge is 1.00 e. The minimum absolute atomic E-state index is 0. The van der Waals surface area contributed by atoms with E-state index in [1.807, 2.05) is 0 Å². The predicted octanol–water partition coefficient (Wildman–Crippen LogP) is -4.03. The fourth-order valence-electron chi connectivity index (χ4n) is 4.09. The summed E-state index contributed by atoms with van der Waals surface area (Å²) in [7, 11) is -4.87. The summed E-state index contributed by atoms with van der Waals surface area (Å²) in [6, 6.07) is 0. The number of carbonyl (C=O) groups excluding carboxylic acids is 4. The minimum Gasteiger partial charge on any atom is -0.748 e. The third-order valence-electron chi connectivity index (χ3n) is 5.00. The van der Waals surface area contributed by atoms with Crippen LogP contribution in [0.3, 0.4) is 0 Å². The number of fused-ring (bicyclic) bond motifs is 1. The molecule has 6 atom stereocenters. The molecule has 11 heteroatoms. The third-order valence-corrected chi connectivity index (χ3v) is 6.44. The zero-order chi connectivity index (χ0) is 17.1. The molecule has 3 fully saturated rings. The van der Waals surface area contributed by atoms with E-state index in [1.165, 1.54) is 6.92 Å². The Morgan fingerprint density at radius 2 is 1.58 bits per heavy atom. The molecule has 9 nitrogen and oxygen atoms in total. The number of hydrogen-bond donors (Lipinski definition) is 0. The van der Waals surface area contributed by atoms with E-state index in [0.29, 0.717) is 0 Å². The number of esters is 4. The van der Waals surface area contributed by atoms with Crippen molar-refractivity contribution in [3.05, 3.63) is 0 Å². The average Bonchev–Trinajstić information content (AvgIpc) is 2.87. The van der Waals surface area contributed by atoms with Gasteiger partial charge in [0.1, 0.15) is 0 Å². The number of carbonyl (C=O) groups is 4. The van der Waals surface area contributed by atoms with Gasteiger partial charge in [0.15, 0.2) is 0 Å². The fourth-order valence-corrected chi connectivity index (χ4v) is 5.51. The molecule has 0 N–H and O–H groups in total. The normalized spacial score (nSPS) is 39.1. The van der Waals surface area contributed by atoms with Crippen LogP contribution in [0, 0.1) is 29.6 Å². The average molecular weight is 352 g/mol. The van der Waals surface area contributed by atoms with E-state index in [2.05, 4.69) is 9.47 Å². The molecular weight excluding hydrogens is 339 g/mol. The minimum atomic E-state index is -4.87. The molecule has 0 radical (unpaired) electrons.